The first-order valence-corrected chi connectivity index (χ1v) is 7.40. The summed E-state index contributed by atoms with van der Waals surface area (Å²) in [6.07, 6.45) is 11.0. The van der Waals surface area contributed by atoms with Gasteiger partial charge in [0.05, 0.1) is 0 Å². The number of aryl methyl sites for hydroxylation is 1. The quantitative estimate of drug-likeness (QED) is 0.485. The summed E-state index contributed by atoms with van der Waals surface area (Å²) < 4.78 is 0. The van der Waals surface area contributed by atoms with E-state index in [0.29, 0.717) is 0 Å². The molecule has 0 aliphatic carbocycles. The number of hydrogen-bond donors (Lipinski definition) is 0. The van der Waals surface area contributed by atoms with Gasteiger partial charge >= 0.3 is 0 Å². The third kappa shape index (κ3) is 6.51. The highest BCUT2D eigenvalue weighted by Gasteiger charge is 2.04. The molecule has 0 fully saturated rings. The zero-order chi connectivity index (χ0) is 12.3. The lowest BCUT2D eigenvalue weighted by Crippen LogP contribution is -1.98. The topological polar surface area (TPSA) is 0 Å². The van der Waals surface area contributed by atoms with E-state index in [9.17, 15) is 0 Å². The molecule has 1 aromatic rings. The minimum absolute atomic E-state index is 0.983. The maximum absolute atomic E-state index is 2.34. The number of rotatable bonds is 9. The van der Waals surface area contributed by atoms with Crippen LogP contribution in [0.3, 0.4) is 0 Å². The van der Waals surface area contributed by atoms with Crippen LogP contribution in [-0.4, -0.2) is 0 Å². The predicted octanol–water partition coefficient (Wildman–Crippen LogP) is 5.62. The molecule has 0 heteroatoms. The highest BCUT2D eigenvalue weighted by molar-refractivity contribution is 5.14. The summed E-state index contributed by atoms with van der Waals surface area (Å²) in [5.74, 6) is 0.983. The Labute approximate surface area is 107 Å². The fraction of sp³-hybridized carbons (Fsp3) is 0.647. The van der Waals surface area contributed by atoms with Gasteiger partial charge < -0.3 is 0 Å². The van der Waals surface area contributed by atoms with Crippen LogP contribution in [0.1, 0.15) is 64.4 Å². The summed E-state index contributed by atoms with van der Waals surface area (Å²) in [5.41, 5.74) is 1.49. The van der Waals surface area contributed by atoms with Crippen molar-refractivity contribution in [3.05, 3.63) is 35.9 Å². The monoisotopic (exact) mass is 232 g/mol. The second kappa shape index (κ2) is 9.27. The van der Waals surface area contributed by atoms with Gasteiger partial charge in [0.1, 0.15) is 0 Å². The molecule has 0 saturated carbocycles. The van der Waals surface area contributed by atoms with Crippen LogP contribution in [0.5, 0.6) is 0 Å². The minimum atomic E-state index is 0.983. The van der Waals surface area contributed by atoms with Crippen LogP contribution in [0, 0.1) is 5.92 Å². The van der Waals surface area contributed by atoms with Crippen molar-refractivity contribution in [3.63, 3.8) is 0 Å². The maximum atomic E-state index is 2.34. The molecule has 0 amide bonds. The first-order valence-electron chi connectivity index (χ1n) is 7.40. The molecule has 0 spiro atoms. The van der Waals surface area contributed by atoms with E-state index in [1.807, 2.05) is 0 Å². The maximum Gasteiger partial charge on any atom is -0.0279 e. The summed E-state index contributed by atoms with van der Waals surface area (Å²) in [7, 11) is 0. The Balaban J connectivity index is 2.04. The lowest BCUT2D eigenvalue weighted by Gasteiger charge is -2.13. The van der Waals surface area contributed by atoms with Crippen molar-refractivity contribution in [2.24, 2.45) is 5.92 Å². The van der Waals surface area contributed by atoms with E-state index in [0.717, 1.165) is 5.92 Å². The van der Waals surface area contributed by atoms with Crippen LogP contribution in [0.25, 0.3) is 0 Å². The number of benzene rings is 1. The van der Waals surface area contributed by atoms with E-state index in [1.54, 1.807) is 0 Å². The minimum Gasteiger partial charge on any atom is -0.0654 e. The normalized spacial score (nSPS) is 12.6. The van der Waals surface area contributed by atoms with Gasteiger partial charge in [-0.2, -0.15) is 0 Å². The highest BCUT2D eigenvalue weighted by Crippen LogP contribution is 2.19. The summed E-state index contributed by atoms with van der Waals surface area (Å²) >= 11 is 0. The smallest absolute Gasteiger partial charge is 0.0279 e. The van der Waals surface area contributed by atoms with Crippen LogP contribution in [0.2, 0.25) is 0 Å². The van der Waals surface area contributed by atoms with Crippen molar-refractivity contribution in [1.29, 1.82) is 0 Å². The van der Waals surface area contributed by atoms with Crippen LogP contribution in [-0.2, 0) is 6.42 Å². The SMILES string of the molecule is CCCC(CC)CCCCCc1ccccc1. The number of unbranched alkanes of at least 4 members (excludes halogenated alkanes) is 2. The van der Waals surface area contributed by atoms with E-state index in [4.69, 9.17) is 0 Å². The van der Waals surface area contributed by atoms with E-state index in [-0.39, 0.29) is 0 Å². The largest absolute Gasteiger partial charge is 0.0654 e. The lowest BCUT2D eigenvalue weighted by molar-refractivity contribution is 0.410. The Morgan fingerprint density at radius 3 is 2.29 bits per heavy atom. The van der Waals surface area contributed by atoms with Crippen LogP contribution < -0.4 is 0 Å². The Hall–Kier alpha value is -0.780. The second-order valence-corrected chi connectivity index (χ2v) is 5.15. The molecule has 0 bridgehead atoms. The third-order valence-corrected chi connectivity index (χ3v) is 3.69. The van der Waals surface area contributed by atoms with Crippen molar-refractivity contribution in [2.45, 2.75) is 65.2 Å². The van der Waals surface area contributed by atoms with Gasteiger partial charge in [0.25, 0.3) is 0 Å². The van der Waals surface area contributed by atoms with E-state index in [2.05, 4.69) is 44.2 Å². The second-order valence-electron chi connectivity index (χ2n) is 5.15. The molecular weight excluding hydrogens is 204 g/mol. The fourth-order valence-electron chi connectivity index (χ4n) is 2.54. The van der Waals surface area contributed by atoms with Gasteiger partial charge in [-0.25, -0.2) is 0 Å². The zero-order valence-corrected chi connectivity index (χ0v) is 11.6. The molecule has 0 radical (unpaired) electrons. The van der Waals surface area contributed by atoms with Crippen LogP contribution >= 0.6 is 0 Å². The molecule has 1 aromatic carbocycles. The first kappa shape index (κ1) is 14.3. The lowest BCUT2D eigenvalue weighted by atomic mass is 9.93. The summed E-state index contributed by atoms with van der Waals surface area (Å²) in [6, 6.07) is 10.9. The van der Waals surface area contributed by atoms with Crippen LogP contribution in [0.4, 0.5) is 0 Å². The van der Waals surface area contributed by atoms with Crippen molar-refractivity contribution in [1.82, 2.24) is 0 Å². The Kier molecular flexibility index (Phi) is 7.79. The molecule has 96 valence electrons. The van der Waals surface area contributed by atoms with Gasteiger partial charge in [0.15, 0.2) is 0 Å². The van der Waals surface area contributed by atoms with Crippen LogP contribution in [0.15, 0.2) is 30.3 Å². The molecule has 0 aliphatic rings. The Bertz CT molecular complexity index is 263. The van der Waals surface area contributed by atoms with Gasteiger partial charge in [-0.3, -0.25) is 0 Å². The molecule has 0 aromatic heterocycles. The highest BCUT2D eigenvalue weighted by atomic mass is 14.1. The molecule has 1 atom stereocenters. The van der Waals surface area contributed by atoms with E-state index >= 15 is 0 Å². The van der Waals surface area contributed by atoms with Gasteiger partial charge in [0, 0.05) is 0 Å². The molecule has 0 N–H and O–H groups in total. The Morgan fingerprint density at radius 2 is 1.65 bits per heavy atom. The molecule has 1 rings (SSSR count). The third-order valence-electron chi connectivity index (χ3n) is 3.69. The van der Waals surface area contributed by atoms with Crippen molar-refractivity contribution in [3.8, 4) is 0 Å². The summed E-state index contributed by atoms with van der Waals surface area (Å²) in [4.78, 5) is 0. The molecule has 0 saturated heterocycles. The first-order chi connectivity index (χ1) is 8.36. The van der Waals surface area contributed by atoms with Gasteiger partial charge in [-0.1, -0.05) is 82.7 Å². The van der Waals surface area contributed by atoms with E-state index < -0.39 is 0 Å². The molecule has 0 aliphatic heterocycles. The molecule has 0 nitrogen and oxygen atoms in total. The average Bonchev–Trinajstić information content (AvgIpc) is 2.38. The molecular formula is C17H28. The van der Waals surface area contributed by atoms with Gasteiger partial charge in [-0.15, -0.1) is 0 Å². The van der Waals surface area contributed by atoms with E-state index in [1.165, 1.54) is 56.9 Å². The average molecular weight is 232 g/mol. The molecule has 0 heterocycles. The van der Waals surface area contributed by atoms with Crippen molar-refractivity contribution >= 4 is 0 Å². The summed E-state index contributed by atoms with van der Waals surface area (Å²) in [5, 5.41) is 0. The fourth-order valence-corrected chi connectivity index (χ4v) is 2.54. The standard InChI is InChI=1S/C17H28/c1-3-11-16(4-2)12-7-5-8-13-17-14-9-6-10-15-17/h6,9-10,14-16H,3-5,7-8,11-13H2,1-2H3. The number of hydrogen-bond acceptors (Lipinski definition) is 0. The zero-order valence-electron chi connectivity index (χ0n) is 11.6. The molecule has 17 heavy (non-hydrogen) atoms. The summed E-state index contributed by atoms with van der Waals surface area (Å²) in [6.45, 7) is 4.64. The van der Waals surface area contributed by atoms with Gasteiger partial charge in [-0.05, 0) is 24.3 Å². The Morgan fingerprint density at radius 1 is 0.882 bits per heavy atom. The predicted molar refractivity (Wildman–Crippen MR) is 77.3 cm³/mol. The van der Waals surface area contributed by atoms with Crippen molar-refractivity contribution in [2.75, 3.05) is 0 Å². The van der Waals surface area contributed by atoms with Gasteiger partial charge in [0.2, 0.25) is 0 Å². The van der Waals surface area contributed by atoms with Crippen molar-refractivity contribution < 1.29 is 0 Å². The molecule has 1 unspecified atom stereocenters.